The molecule has 92 valence electrons. The Morgan fingerprint density at radius 2 is 2.22 bits per heavy atom. The zero-order valence-corrected chi connectivity index (χ0v) is 11.7. The van der Waals surface area contributed by atoms with Crippen LogP contribution in [0.3, 0.4) is 0 Å². The Kier molecular flexibility index (Phi) is 3.94. The average Bonchev–Trinajstić information content (AvgIpc) is 2.77. The Morgan fingerprint density at radius 3 is 2.83 bits per heavy atom. The highest BCUT2D eigenvalue weighted by molar-refractivity contribution is 7.12. The Bertz CT molecular complexity index is 616. The van der Waals surface area contributed by atoms with E-state index in [1.54, 1.807) is 24.4 Å². The van der Waals surface area contributed by atoms with Gasteiger partial charge in [-0.05, 0) is 54.6 Å². The summed E-state index contributed by atoms with van der Waals surface area (Å²) in [7, 11) is 0. The molecule has 0 fully saturated rings. The fourth-order valence-corrected chi connectivity index (χ4v) is 2.51. The maximum Gasteiger partial charge on any atom is 0.196 e. The Hall–Kier alpha value is -1.45. The van der Waals surface area contributed by atoms with E-state index < -0.39 is 0 Å². The molecule has 4 heteroatoms. The molecule has 0 aliphatic heterocycles. The monoisotopic (exact) mass is 277 g/mol. The fourth-order valence-electron chi connectivity index (χ4n) is 1.48. The second-order valence-corrected chi connectivity index (χ2v) is 5.29. The smallest absolute Gasteiger partial charge is 0.196 e. The van der Waals surface area contributed by atoms with E-state index in [0.717, 1.165) is 21.7 Å². The molecule has 0 radical (unpaired) electrons. The third-order valence-corrected chi connectivity index (χ3v) is 3.97. The van der Waals surface area contributed by atoms with Crippen molar-refractivity contribution in [1.82, 2.24) is 4.98 Å². The number of allylic oxidation sites excluding steroid dienone is 1. The predicted octanol–water partition coefficient (Wildman–Crippen LogP) is 4.31. The van der Waals surface area contributed by atoms with Gasteiger partial charge in [-0.15, -0.1) is 11.3 Å². The summed E-state index contributed by atoms with van der Waals surface area (Å²) in [6, 6.07) is 3.74. The van der Waals surface area contributed by atoms with E-state index in [-0.39, 0.29) is 5.78 Å². The van der Waals surface area contributed by atoms with E-state index in [1.165, 1.54) is 11.3 Å². The summed E-state index contributed by atoms with van der Waals surface area (Å²) in [5.74, 6) is 0.0131. The third-order valence-electron chi connectivity index (χ3n) is 2.56. The number of halogens is 1. The number of hydrogen-bond acceptors (Lipinski definition) is 3. The van der Waals surface area contributed by atoms with Crippen LogP contribution in [-0.2, 0) is 0 Å². The van der Waals surface area contributed by atoms with Crippen molar-refractivity contribution in [3.63, 3.8) is 0 Å². The minimum absolute atomic E-state index is 0.0131. The maximum atomic E-state index is 11.9. The van der Waals surface area contributed by atoms with Gasteiger partial charge < -0.3 is 0 Å². The molecule has 0 aliphatic carbocycles. The van der Waals surface area contributed by atoms with Crippen LogP contribution in [0.15, 0.2) is 29.8 Å². The van der Waals surface area contributed by atoms with Gasteiger partial charge in [-0.25, -0.2) is 0 Å². The summed E-state index contributed by atoms with van der Waals surface area (Å²) in [6.07, 6.45) is 4.99. The summed E-state index contributed by atoms with van der Waals surface area (Å²) < 4.78 is 0. The largest absolute Gasteiger partial charge is 0.288 e. The molecular weight excluding hydrogens is 266 g/mol. The molecule has 18 heavy (non-hydrogen) atoms. The first-order valence-electron chi connectivity index (χ1n) is 5.46. The molecule has 2 aromatic heterocycles. The van der Waals surface area contributed by atoms with Crippen LogP contribution in [0, 0.1) is 13.8 Å². The van der Waals surface area contributed by atoms with Crippen LogP contribution in [0.25, 0.3) is 6.08 Å². The Labute approximate surface area is 115 Å². The number of nitrogens with zero attached hydrogens (tertiary/aromatic N) is 1. The molecule has 0 amide bonds. The maximum absolute atomic E-state index is 11.9. The van der Waals surface area contributed by atoms with Gasteiger partial charge in [-0.1, -0.05) is 11.6 Å². The van der Waals surface area contributed by atoms with E-state index in [4.69, 9.17) is 11.6 Å². The highest BCUT2D eigenvalue weighted by Gasteiger charge is 2.06. The molecule has 0 spiro atoms. The molecule has 0 bridgehead atoms. The minimum atomic E-state index is 0.0131. The predicted molar refractivity (Wildman–Crippen MR) is 76.4 cm³/mol. The fraction of sp³-hybridized carbons (Fsp3) is 0.143. The number of rotatable bonds is 3. The van der Waals surface area contributed by atoms with E-state index >= 15 is 0 Å². The lowest BCUT2D eigenvalue weighted by Gasteiger charge is -1.98. The second-order valence-electron chi connectivity index (χ2n) is 3.97. The van der Waals surface area contributed by atoms with Crippen molar-refractivity contribution >= 4 is 34.8 Å². The molecule has 2 rings (SSSR count). The number of thiophene rings is 1. The lowest BCUT2D eigenvalue weighted by molar-refractivity contribution is 0.105. The SMILES string of the molecule is Cc1ccsc1C(=O)/C=C/c1cnc(C)c(Cl)c1. The Balaban J connectivity index is 2.18. The zero-order chi connectivity index (χ0) is 13.1. The summed E-state index contributed by atoms with van der Waals surface area (Å²) in [5, 5.41) is 2.53. The Morgan fingerprint density at radius 1 is 1.44 bits per heavy atom. The number of ketones is 1. The number of aryl methyl sites for hydroxylation is 2. The minimum Gasteiger partial charge on any atom is -0.288 e. The molecule has 2 nitrogen and oxygen atoms in total. The lowest BCUT2D eigenvalue weighted by Crippen LogP contribution is -1.92. The number of aromatic nitrogens is 1. The van der Waals surface area contributed by atoms with Crippen LogP contribution in [-0.4, -0.2) is 10.8 Å². The first kappa shape index (κ1) is 13.0. The quantitative estimate of drug-likeness (QED) is 0.618. The van der Waals surface area contributed by atoms with E-state index in [9.17, 15) is 4.79 Å². The molecule has 0 unspecified atom stereocenters. The molecule has 0 aromatic carbocycles. The standard InChI is InChI=1S/C14H12ClNOS/c1-9-5-6-18-14(9)13(17)4-3-11-7-12(15)10(2)16-8-11/h3-8H,1-2H3/b4-3+. The molecule has 0 aliphatic rings. The highest BCUT2D eigenvalue weighted by Crippen LogP contribution is 2.18. The first-order valence-corrected chi connectivity index (χ1v) is 6.72. The molecule has 0 saturated carbocycles. The van der Waals surface area contributed by atoms with Gasteiger partial charge in [0.1, 0.15) is 0 Å². The molecule has 2 aromatic rings. The molecular formula is C14H12ClNOS. The average molecular weight is 278 g/mol. The van der Waals surface area contributed by atoms with Gasteiger partial charge in [-0.2, -0.15) is 0 Å². The topological polar surface area (TPSA) is 30.0 Å². The van der Waals surface area contributed by atoms with Crippen LogP contribution in [0.4, 0.5) is 0 Å². The van der Waals surface area contributed by atoms with E-state index in [0.29, 0.717) is 5.02 Å². The van der Waals surface area contributed by atoms with Crippen LogP contribution < -0.4 is 0 Å². The van der Waals surface area contributed by atoms with E-state index in [1.807, 2.05) is 25.3 Å². The summed E-state index contributed by atoms with van der Waals surface area (Å²) in [4.78, 5) is 16.8. The molecule has 0 saturated heterocycles. The van der Waals surface area contributed by atoms with Crippen molar-refractivity contribution < 1.29 is 4.79 Å². The van der Waals surface area contributed by atoms with Gasteiger partial charge in [-0.3, -0.25) is 9.78 Å². The highest BCUT2D eigenvalue weighted by atomic mass is 35.5. The summed E-state index contributed by atoms with van der Waals surface area (Å²) in [6.45, 7) is 3.78. The van der Waals surface area contributed by atoms with E-state index in [2.05, 4.69) is 4.98 Å². The normalized spacial score (nSPS) is 11.1. The van der Waals surface area contributed by atoms with Gasteiger partial charge in [0.05, 0.1) is 15.6 Å². The molecule has 0 N–H and O–H groups in total. The van der Waals surface area contributed by atoms with Crippen LogP contribution in [0.1, 0.15) is 26.5 Å². The molecule has 2 heterocycles. The summed E-state index contributed by atoms with van der Waals surface area (Å²) >= 11 is 7.43. The van der Waals surface area contributed by atoms with Crippen LogP contribution in [0.5, 0.6) is 0 Å². The van der Waals surface area contributed by atoms with Gasteiger partial charge >= 0.3 is 0 Å². The van der Waals surface area contributed by atoms with Crippen LogP contribution >= 0.6 is 22.9 Å². The van der Waals surface area contributed by atoms with Crippen molar-refractivity contribution in [1.29, 1.82) is 0 Å². The first-order chi connectivity index (χ1) is 8.58. The second kappa shape index (κ2) is 5.46. The van der Waals surface area contributed by atoms with Crippen molar-refractivity contribution in [2.75, 3.05) is 0 Å². The van der Waals surface area contributed by atoms with Crippen molar-refractivity contribution in [3.05, 3.63) is 56.5 Å². The van der Waals surface area contributed by atoms with Gasteiger partial charge in [0.2, 0.25) is 0 Å². The number of carbonyl (C=O) groups is 1. The van der Waals surface area contributed by atoms with Gasteiger partial charge in [0, 0.05) is 6.20 Å². The third kappa shape index (κ3) is 2.86. The van der Waals surface area contributed by atoms with Gasteiger partial charge in [0.25, 0.3) is 0 Å². The lowest BCUT2D eigenvalue weighted by atomic mass is 10.2. The van der Waals surface area contributed by atoms with Gasteiger partial charge in [0.15, 0.2) is 5.78 Å². The molecule has 0 atom stereocenters. The number of pyridine rings is 1. The zero-order valence-electron chi connectivity index (χ0n) is 10.1. The van der Waals surface area contributed by atoms with Crippen molar-refractivity contribution in [2.24, 2.45) is 0 Å². The van der Waals surface area contributed by atoms with Crippen molar-refractivity contribution in [3.8, 4) is 0 Å². The number of carbonyl (C=O) groups excluding carboxylic acids is 1. The van der Waals surface area contributed by atoms with Crippen LogP contribution in [0.2, 0.25) is 5.02 Å². The summed E-state index contributed by atoms with van der Waals surface area (Å²) in [5.41, 5.74) is 2.62. The number of hydrogen-bond donors (Lipinski definition) is 0. The van der Waals surface area contributed by atoms with Crippen molar-refractivity contribution in [2.45, 2.75) is 13.8 Å².